The van der Waals surface area contributed by atoms with Crippen LogP contribution in [0.5, 0.6) is 0 Å². The van der Waals surface area contributed by atoms with Gasteiger partial charge in [0.15, 0.2) is 0 Å². The molecule has 14 heavy (non-hydrogen) atoms. The van der Waals surface area contributed by atoms with E-state index in [-0.39, 0.29) is 36.2 Å². The largest absolute Gasteiger partial charge is 0.481 e. The molecule has 0 heterocycles. The molecule has 4 nitrogen and oxygen atoms in total. The van der Waals surface area contributed by atoms with Crippen LogP contribution < -0.4 is 0 Å². The molecular weight excluding hydrogens is 184 g/mol. The van der Waals surface area contributed by atoms with Crippen LogP contribution in [0.1, 0.15) is 32.6 Å². The average molecular weight is 198 g/mol. The number of hydrogen-bond acceptors (Lipinski definition) is 3. The lowest BCUT2D eigenvalue weighted by atomic mass is 9.96. The minimum Gasteiger partial charge on any atom is -0.481 e. The Labute approximate surface area is 82.3 Å². The van der Waals surface area contributed by atoms with Crippen molar-refractivity contribution in [1.82, 2.24) is 0 Å². The molecule has 1 aliphatic carbocycles. The fourth-order valence-corrected chi connectivity index (χ4v) is 1.98. The molecule has 1 N–H and O–H groups in total. The minimum absolute atomic E-state index is 0.000625. The Balaban J connectivity index is 2.51. The second-order valence-corrected chi connectivity index (χ2v) is 3.88. The third-order valence-corrected chi connectivity index (χ3v) is 2.62. The van der Waals surface area contributed by atoms with Gasteiger partial charge in [0.05, 0.1) is 6.42 Å². The summed E-state index contributed by atoms with van der Waals surface area (Å²) in [6.07, 6.45) is 1.46. The topological polar surface area (TPSA) is 71.4 Å². The molecule has 2 unspecified atom stereocenters. The van der Waals surface area contributed by atoms with E-state index in [0.717, 1.165) is 0 Å². The average Bonchev–Trinajstić information content (AvgIpc) is 2.34. The predicted octanol–water partition coefficient (Wildman–Crippen LogP) is 1.04. The van der Waals surface area contributed by atoms with E-state index in [9.17, 15) is 14.4 Å². The van der Waals surface area contributed by atoms with Crippen molar-refractivity contribution in [2.24, 2.45) is 11.8 Å². The fraction of sp³-hybridized carbons (Fsp3) is 0.700. The molecule has 78 valence electrons. The van der Waals surface area contributed by atoms with E-state index in [0.29, 0.717) is 12.8 Å². The van der Waals surface area contributed by atoms with Gasteiger partial charge in [-0.1, -0.05) is 0 Å². The molecule has 0 aliphatic heterocycles. The van der Waals surface area contributed by atoms with E-state index in [1.54, 1.807) is 0 Å². The Bertz CT molecular complexity index is 243. The van der Waals surface area contributed by atoms with Gasteiger partial charge in [0.1, 0.15) is 11.6 Å². The Morgan fingerprint density at radius 3 is 2.21 bits per heavy atom. The highest BCUT2D eigenvalue weighted by molar-refractivity contribution is 5.91. The Morgan fingerprint density at radius 2 is 1.79 bits per heavy atom. The fourth-order valence-electron chi connectivity index (χ4n) is 1.98. The maximum absolute atomic E-state index is 11.6. The van der Waals surface area contributed by atoms with E-state index in [4.69, 9.17) is 5.11 Å². The Kier molecular flexibility index (Phi) is 3.38. The first-order chi connectivity index (χ1) is 6.50. The van der Waals surface area contributed by atoms with Crippen molar-refractivity contribution in [3.05, 3.63) is 0 Å². The molecule has 0 aromatic heterocycles. The zero-order valence-electron chi connectivity index (χ0n) is 8.16. The number of ketones is 2. The summed E-state index contributed by atoms with van der Waals surface area (Å²) in [5.41, 5.74) is 0. The van der Waals surface area contributed by atoms with Crippen LogP contribution >= 0.6 is 0 Å². The standard InChI is InChI=1S/C10H14O4/c1-6(11)4-7-2-3-8(10(7)14)5-9(12)13/h7-8H,2-5H2,1H3,(H,12,13). The number of Topliss-reactive ketones (excluding diaryl/α,β-unsaturated/α-hetero) is 2. The molecule has 0 radical (unpaired) electrons. The van der Waals surface area contributed by atoms with Crippen LogP contribution in [0.25, 0.3) is 0 Å². The van der Waals surface area contributed by atoms with Crippen molar-refractivity contribution in [2.75, 3.05) is 0 Å². The van der Waals surface area contributed by atoms with Gasteiger partial charge in [-0.05, 0) is 19.8 Å². The van der Waals surface area contributed by atoms with Crippen LogP contribution in [0.3, 0.4) is 0 Å². The van der Waals surface area contributed by atoms with Gasteiger partial charge >= 0.3 is 5.97 Å². The molecule has 0 spiro atoms. The van der Waals surface area contributed by atoms with Crippen LogP contribution in [0, 0.1) is 11.8 Å². The summed E-state index contributed by atoms with van der Waals surface area (Å²) in [6.45, 7) is 1.46. The van der Waals surface area contributed by atoms with Crippen molar-refractivity contribution in [1.29, 1.82) is 0 Å². The maximum atomic E-state index is 11.6. The number of carboxylic acid groups (broad SMARTS) is 1. The van der Waals surface area contributed by atoms with E-state index in [2.05, 4.69) is 0 Å². The SMILES string of the molecule is CC(=O)CC1CCC(CC(=O)O)C1=O. The van der Waals surface area contributed by atoms with Gasteiger partial charge in [-0.3, -0.25) is 9.59 Å². The summed E-state index contributed by atoms with van der Waals surface area (Å²) in [6, 6.07) is 0. The molecular formula is C10H14O4. The first-order valence-corrected chi connectivity index (χ1v) is 4.75. The van der Waals surface area contributed by atoms with Gasteiger partial charge in [0, 0.05) is 18.3 Å². The van der Waals surface area contributed by atoms with Crippen LogP contribution in [0.2, 0.25) is 0 Å². The van der Waals surface area contributed by atoms with Crippen molar-refractivity contribution in [3.63, 3.8) is 0 Å². The molecule has 0 amide bonds. The van der Waals surface area contributed by atoms with Gasteiger partial charge in [-0.2, -0.15) is 0 Å². The summed E-state index contributed by atoms with van der Waals surface area (Å²) in [4.78, 5) is 32.8. The second-order valence-electron chi connectivity index (χ2n) is 3.88. The molecule has 4 heteroatoms. The molecule has 1 aliphatic rings. The zero-order chi connectivity index (χ0) is 10.7. The normalized spacial score (nSPS) is 26.5. The summed E-state index contributed by atoms with van der Waals surface area (Å²) >= 11 is 0. The lowest BCUT2D eigenvalue weighted by Crippen LogP contribution is -2.18. The van der Waals surface area contributed by atoms with Crippen molar-refractivity contribution >= 4 is 17.5 Å². The molecule has 0 bridgehead atoms. The summed E-state index contributed by atoms with van der Waals surface area (Å²) in [5.74, 6) is -1.57. The van der Waals surface area contributed by atoms with Gasteiger partial charge in [-0.15, -0.1) is 0 Å². The van der Waals surface area contributed by atoms with E-state index < -0.39 is 5.97 Å². The highest BCUT2D eigenvalue weighted by atomic mass is 16.4. The van der Waals surface area contributed by atoms with E-state index in [1.165, 1.54) is 6.92 Å². The number of carbonyl (C=O) groups is 3. The first kappa shape index (κ1) is 10.9. The summed E-state index contributed by atoms with van der Waals surface area (Å²) in [5, 5.41) is 8.54. The maximum Gasteiger partial charge on any atom is 0.304 e. The highest BCUT2D eigenvalue weighted by Crippen LogP contribution is 2.31. The molecule has 1 rings (SSSR count). The van der Waals surface area contributed by atoms with Gasteiger partial charge in [0.2, 0.25) is 0 Å². The van der Waals surface area contributed by atoms with Crippen LogP contribution in [0.4, 0.5) is 0 Å². The third-order valence-electron chi connectivity index (χ3n) is 2.62. The monoisotopic (exact) mass is 198 g/mol. The molecule has 0 aromatic rings. The highest BCUT2D eigenvalue weighted by Gasteiger charge is 2.35. The lowest BCUT2D eigenvalue weighted by molar-refractivity contribution is -0.140. The smallest absolute Gasteiger partial charge is 0.304 e. The number of rotatable bonds is 4. The van der Waals surface area contributed by atoms with E-state index in [1.807, 2.05) is 0 Å². The predicted molar refractivity (Wildman–Crippen MR) is 48.8 cm³/mol. The molecule has 1 fully saturated rings. The van der Waals surface area contributed by atoms with Crippen LogP contribution in [-0.4, -0.2) is 22.6 Å². The molecule has 2 atom stereocenters. The Hall–Kier alpha value is -1.19. The van der Waals surface area contributed by atoms with Crippen LogP contribution in [-0.2, 0) is 14.4 Å². The second kappa shape index (κ2) is 4.35. The number of aliphatic carboxylic acids is 1. The van der Waals surface area contributed by atoms with Gasteiger partial charge in [0.25, 0.3) is 0 Å². The van der Waals surface area contributed by atoms with Crippen molar-refractivity contribution < 1.29 is 19.5 Å². The molecule has 0 aromatic carbocycles. The zero-order valence-corrected chi connectivity index (χ0v) is 8.16. The number of carbonyl (C=O) groups excluding carboxylic acids is 2. The van der Waals surface area contributed by atoms with Gasteiger partial charge in [-0.25, -0.2) is 0 Å². The quantitative estimate of drug-likeness (QED) is 0.732. The Morgan fingerprint density at radius 1 is 1.29 bits per heavy atom. The first-order valence-electron chi connectivity index (χ1n) is 4.75. The van der Waals surface area contributed by atoms with Crippen LogP contribution in [0.15, 0.2) is 0 Å². The molecule has 0 saturated heterocycles. The van der Waals surface area contributed by atoms with Gasteiger partial charge < -0.3 is 9.90 Å². The lowest BCUT2D eigenvalue weighted by Gasteiger charge is -2.06. The van der Waals surface area contributed by atoms with E-state index >= 15 is 0 Å². The van der Waals surface area contributed by atoms with Crippen molar-refractivity contribution in [2.45, 2.75) is 32.6 Å². The summed E-state index contributed by atoms with van der Waals surface area (Å²) < 4.78 is 0. The number of hydrogen-bond donors (Lipinski definition) is 1. The summed E-state index contributed by atoms with van der Waals surface area (Å²) in [7, 11) is 0. The molecule has 1 saturated carbocycles. The minimum atomic E-state index is -0.938. The van der Waals surface area contributed by atoms with Crippen molar-refractivity contribution in [3.8, 4) is 0 Å². The number of carboxylic acids is 1. The third kappa shape index (κ3) is 2.65.